The van der Waals surface area contributed by atoms with E-state index in [1.54, 1.807) is 11.9 Å². The van der Waals surface area contributed by atoms with Gasteiger partial charge in [-0.15, -0.1) is 12.4 Å². The van der Waals surface area contributed by atoms with Crippen molar-refractivity contribution in [3.63, 3.8) is 0 Å². The summed E-state index contributed by atoms with van der Waals surface area (Å²) in [5, 5.41) is 6.17. The van der Waals surface area contributed by atoms with Gasteiger partial charge in [0.1, 0.15) is 0 Å². The quantitative estimate of drug-likeness (QED) is 0.883. The van der Waals surface area contributed by atoms with Gasteiger partial charge in [-0.3, -0.25) is 9.59 Å². The molecule has 0 aliphatic carbocycles. The standard InChI is InChI=1S/C17H25N3O2.ClH/c1-12-5-4-6-13(2)16(12)19-15(21)11-20(3)17(22)14-7-9-18-10-8-14;/h4-6,14,18H,7-11H2,1-3H3,(H,19,21);1H. The molecule has 6 heteroatoms. The molecule has 0 radical (unpaired) electrons. The zero-order valence-corrected chi connectivity index (χ0v) is 14.8. The van der Waals surface area contributed by atoms with Gasteiger partial charge in [0.2, 0.25) is 11.8 Å². The van der Waals surface area contributed by atoms with Crippen LogP contribution in [0.2, 0.25) is 0 Å². The molecular weight excluding hydrogens is 314 g/mol. The molecule has 0 spiro atoms. The lowest BCUT2D eigenvalue weighted by atomic mass is 9.97. The van der Waals surface area contributed by atoms with Crippen molar-refractivity contribution in [2.24, 2.45) is 5.92 Å². The molecule has 23 heavy (non-hydrogen) atoms. The summed E-state index contributed by atoms with van der Waals surface area (Å²) in [4.78, 5) is 26.1. The highest BCUT2D eigenvalue weighted by atomic mass is 35.5. The van der Waals surface area contributed by atoms with Crippen molar-refractivity contribution >= 4 is 29.9 Å². The fraction of sp³-hybridized carbons (Fsp3) is 0.529. The summed E-state index contributed by atoms with van der Waals surface area (Å²) in [5.41, 5.74) is 2.90. The number of benzene rings is 1. The smallest absolute Gasteiger partial charge is 0.243 e. The van der Waals surface area contributed by atoms with Gasteiger partial charge in [-0.2, -0.15) is 0 Å². The maximum Gasteiger partial charge on any atom is 0.243 e. The van der Waals surface area contributed by atoms with E-state index in [2.05, 4.69) is 10.6 Å². The van der Waals surface area contributed by atoms with Crippen molar-refractivity contribution in [2.45, 2.75) is 26.7 Å². The normalized spacial score (nSPS) is 14.7. The van der Waals surface area contributed by atoms with E-state index in [9.17, 15) is 9.59 Å². The molecule has 0 saturated carbocycles. The summed E-state index contributed by atoms with van der Waals surface area (Å²) in [6.07, 6.45) is 1.70. The molecule has 5 nitrogen and oxygen atoms in total. The van der Waals surface area contributed by atoms with E-state index in [0.717, 1.165) is 42.7 Å². The lowest BCUT2D eigenvalue weighted by molar-refractivity contribution is -0.137. The number of amides is 2. The number of anilines is 1. The Kier molecular flexibility index (Phi) is 7.52. The third-order valence-corrected chi connectivity index (χ3v) is 4.19. The predicted octanol–water partition coefficient (Wildman–Crippen LogP) is 2.12. The molecule has 0 atom stereocenters. The van der Waals surface area contributed by atoms with E-state index in [1.807, 2.05) is 32.0 Å². The molecule has 0 unspecified atom stereocenters. The van der Waals surface area contributed by atoms with E-state index >= 15 is 0 Å². The Morgan fingerprint density at radius 3 is 2.35 bits per heavy atom. The Morgan fingerprint density at radius 2 is 1.78 bits per heavy atom. The molecule has 1 aromatic rings. The Hall–Kier alpha value is -1.59. The summed E-state index contributed by atoms with van der Waals surface area (Å²) < 4.78 is 0. The van der Waals surface area contributed by atoms with Crippen molar-refractivity contribution in [1.29, 1.82) is 0 Å². The van der Waals surface area contributed by atoms with Crippen LogP contribution in [0.4, 0.5) is 5.69 Å². The Labute approximate surface area is 144 Å². The lowest BCUT2D eigenvalue weighted by Gasteiger charge is -2.26. The van der Waals surface area contributed by atoms with Gasteiger partial charge in [-0.25, -0.2) is 0 Å². The van der Waals surface area contributed by atoms with Crippen LogP contribution in [0.3, 0.4) is 0 Å². The maximum absolute atomic E-state index is 12.3. The molecular formula is C17H26ClN3O2. The van der Waals surface area contributed by atoms with Crippen molar-refractivity contribution in [1.82, 2.24) is 10.2 Å². The number of rotatable bonds is 4. The number of para-hydroxylation sites is 1. The van der Waals surface area contributed by atoms with Crippen LogP contribution in [-0.4, -0.2) is 43.4 Å². The van der Waals surface area contributed by atoms with E-state index in [0.29, 0.717) is 0 Å². The number of carbonyl (C=O) groups is 2. The number of nitrogens with zero attached hydrogens (tertiary/aromatic N) is 1. The minimum Gasteiger partial charge on any atom is -0.336 e. The second-order valence-corrected chi connectivity index (χ2v) is 6.03. The molecule has 1 aliphatic heterocycles. The molecule has 128 valence electrons. The molecule has 1 aliphatic rings. The van der Waals surface area contributed by atoms with Gasteiger partial charge in [0, 0.05) is 18.7 Å². The van der Waals surface area contributed by atoms with Gasteiger partial charge < -0.3 is 15.5 Å². The number of aryl methyl sites for hydroxylation is 2. The molecule has 1 fully saturated rings. The molecule has 2 amide bonds. The second kappa shape index (κ2) is 8.89. The Balaban J connectivity index is 0.00000264. The highest BCUT2D eigenvalue weighted by Gasteiger charge is 2.25. The van der Waals surface area contributed by atoms with E-state index < -0.39 is 0 Å². The molecule has 2 N–H and O–H groups in total. The monoisotopic (exact) mass is 339 g/mol. The molecule has 2 rings (SSSR count). The maximum atomic E-state index is 12.3. The third-order valence-electron chi connectivity index (χ3n) is 4.19. The average molecular weight is 340 g/mol. The van der Waals surface area contributed by atoms with Gasteiger partial charge in [0.25, 0.3) is 0 Å². The first-order chi connectivity index (χ1) is 10.5. The van der Waals surface area contributed by atoms with E-state index in [4.69, 9.17) is 0 Å². The third kappa shape index (κ3) is 5.22. The first-order valence-corrected chi connectivity index (χ1v) is 7.81. The van der Waals surface area contributed by atoms with Crippen LogP contribution in [0.25, 0.3) is 0 Å². The fourth-order valence-corrected chi connectivity index (χ4v) is 2.86. The van der Waals surface area contributed by atoms with Crippen LogP contribution in [0.15, 0.2) is 18.2 Å². The average Bonchev–Trinajstić information content (AvgIpc) is 2.51. The zero-order valence-electron chi connectivity index (χ0n) is 14.0. The summed E-state index contributed by atoms with van der Waals surface area (Å²) in [6, 6.07) is 5.89. The summed E-state index contributed by atoms with van der Waals surface area (Å²) in [6.45, 7) is 5.77. The first kappa shape index (κ1) is 19.5. The van der Waals surface area contributed by atoms with Crippen LogP contribution in [0.1, 0.15) is 24.0 Å². The van der Waals surface area contributed by atoms with Gasteiger partial charge in [0.05, 0.1) is 6.54 Å². The van der Waals surface area contributed by atoms with Gasteiger partial charge in [0.15, 0.2) is 0 Å². The Bertz CT molecular complexity index is 537. The van der Waals surface area contributed by atoms with Crippen LogP contribution < -0.4 is 10.6 Å². The number of piperidine rings is 1. The van der Waals surface area contributed by atoms with Crippen LogP contribution in [-0.2, 0) is 9.59 Å². The van der Waals surface area contributed by atoms with Crippen molar-refractivity contribution in [3.05, 3.63) is 29.3 Å². The number of likely N-dealkylation sites (N-methyl/N-ethyl adjacent to an activating group) is 1. The van der Waals surface area contributed by atoms with Crippen molar-refractivity contribution in [2.75, 3.05) is 32.0 Å². The fourth-order valence-electron chi connectivity index (χ4n) is 2.86. The molecule has 0 bridgehead atoms. The van der Waals surface area contributed by atoms with Crippen molar-refractivity contribution < 1.29 is 9.59 Å². The number of hydrogen-bond acceptors (Lipinski definition) is 3. The van der Waals surface area contributed by atoms with Gasteiger partial charge in [-0.05, 0) is 50.9 Å². The van der Waals surface area contributed by atoms with Gasteiger partial charge >= 0.3 is 0 Å². The van der Waals surface area contributed by atoms with Crippen LogP contribution in [0.5, 0.6) is 0 Å². The number of hydrogen-bond donors (Lipinski definition) is 2. The highest BCUT2D eigenvalue weighted by molar-refractivity contribution is 5.95. The minimum absolute atomic E-state index is 0. The number of nitrogens with one attached hydrogen (secondary N) is 2. The summed E-state index contributed by atoms with van der Waals surface area (Å²) in [5.74, 6) is -0.0420. The Morgan fingerprint density at radius 1 is 1.22 bits per heavy atom. The predicted molar refractivity (Wildman–Crippen MR) is 95.0 cm³/mol. The van der Waals surface area contributed by atoms with Crippen LogP contribution >= 0.6 is 12.4 Å². The SMILES string of the molecule is Cc1cccc(C)c1NC(=O)CN(C)C(=O)C1CCNCC1.Cl. The molecule has 1 aromatic carbocycles. The van der Waals surface area contributed by atoms with Crippen LogP contribution in [0, 0.1) is 19.8 Å². The number of halogens is 1. The number of carbonyl (C=O) groups excluding carboxylic acids is 2. The first-order valence-electron chi connectivity index (χ1n) is 7.81. The van der Waals surface area contributed by atoms with Gasteiger partial charge in [-0.1, -0.05) is 18.2 Å². The summed E-state index contributed by atoms with van der Waals surface area (Å²) in [7, 11) is 1.70. The highest BCUT2D eigenvalue weighted by Crippen LogP contribution is 2.19. The summed E-state index contributed by atoms with van der Waals surface area (Å²) >= 11 is 0. The minimum atomic E-state index is -0.151. The topological polar surface area (TPSA) is 61.4 Å². The van der Waals surface area contributed by atoms with E-state index in [-0.39, 0.29) is 36.7 Å². The largest absolute Gasteiger partial charge is 0.336 e. The molecule has 1 heterocycles. The zero-order chi connectivity index (χ0) is 16.1. The second-order valence-electron chi connectivity index (χ2n) is 6.03. The molecule has 1 saturated heterocycles. The van der Waals surface area contributed by atoms with Crippen molar-refractivity contribution in [3.8, 4) is 0 Å². The molecule has 0 aromatic heterocycles. The van der Waals surface area contributed by atoms with E-state index in [1.165, 1.54) is 0 Å². The lowest BCUT2D eigenvalue weighted by Crippen LogP contribution is -2.42.